The Morgan fingerprint density at radius 1 is 1.14 bits per heavy atom. The van der Waals surface area contributed by atoms with Gasteiger partial charge >= 0.3 is 0 Å². The van der Waals surface area contributed by atoms with Gasteiger partial charge in [-0.2, -0.15) is 0 Å². The van der Waals surface area contributed by atoms with Gasteiger partial charge in [0, 0.05) is 12.6 Å². The number of nitrogens with zero attached hydrogens (tertiary/aromatic N) is 2. The van der Waals surface area contributed by atoms with E-state index in [1.165, 1.54) is 19.2 Å². The predicted molar refractivity (Wildman–Crippen MR) is 108 cm³/mol. The molecule has 3 rings (SSSR count). The molecule has 9 heteroatoms. The molecule has 0 radical (unpaired) electrons. The van der Waals surface area contributed by atoms with Gasteiger partial charge in [0.2, 0.25) is 10.0 Å². The number of hydrogen-bond acceptors (Lipinski definition) is 6. The molecule has 1 saturated heterocycles. The largest absolute Gasteiger partial charge is 0.378 e. The zero-order chi connectivity index (χ0) is 20.1. The van der Waals surface area contributed by atoms with Gasteiger partial charge < -0.3 is 5.32 Å². The Hall–Kier alpha value is -2.49. The molecule has 0 saturated carbocycles. The van der Waals surface area contributed by atoms with Crippen molar-refractivity contribution in [1.29, 1.82) is 0 Å². The number of nitro benzene ring substituents is 1. The molecule has 2 aromatic carbocycles. The molecule has 1 fully saturated rings. The molecule has 2 N–H and O–H groups in total. The van der Waals surface area contributed by atoms with E-state index in [1.807, 2.05) is 18.2 Å². The first-order valence-corrected chi connectivity index (χ1v) is 10.7. The summed E-state index contributed by atoms with van der Waals surface area (Å²) in [6, 6.07) is 14.0. The monoisotopic (exact) mass is 404 g/mol. The van der Waals surface area contributed by atoms with E-state index in [-0.39, 0.29) is 16.6 Å². The first kappa shape index (κ1) is 20.2. The van der Waals surface area contributed by atoms with Crippen LogP contribution >= 0.6 is 0 Å². The summed E-state index contributed by atoms with van der Waals surface area (Å²) in [6.07, 6.45) is 2.28. The van der Waals surface area contributed by atoms with E-state index in [2.05, 4.69) is 27.1 Å². The van der Waals surface area contributed by atoms with E-state index in [9.17, 15) is 18.5 Å². The molecule has 0 aromatic heterocycles. The highest BCUT2D eigenvalue weighted by atomic mass is 32.2. The van der Waals surface area contributed by atoms with E-state index in [1.54, 1.807) is 0 Å². The third-order valence-electron chi connectivity index (χ3n) is 5.00. The van der Waals surface area contributed by atoms with Gasteiger partial charge in [-0.1, -0.05) is 30.3 Å². The second-order valence-corrected chi connectivity index (χ2v) is 8.58. The number of likely N-dealkylation sites (tertiary alicyclic amines) is 1. The van der Waals surface area contributed by atoms with Crippen LogP contribution in [0.3, 0.4) is 0 Å². The fraction of sp³-hybridized carbons (Fsp3) is 0.368. The Morgan fingerprint density at radius 2 is 1.82 bits per heavy atom. The Kier molecular flexibility index (Phi) is 6.28. The lowest BCUT2D eigenvalue weighted by molar-refractivity contribution is -0.384. The third kappa shape index (κ3) is 4.49. The van der Waals surface area contributed by atoms with Crippen LogP contribution in [0.15, 0.2) is 53.4 Å². The number of rotatable bonds is 8. The number of nitrogens with one attached hydrogen (secondary N) is 2. The van der Waals surface area contributed by atoms with Crippen LogP contribution in [0.25, 0.3) is 0 Å². The van der Waals surface area contributed by atoms with Crippen LogP contribution in [0, 0.1) is 10.1 Å². The summed E-state index contributed by atoms with van der Waals surface area (Å²) in [5.41, 5.74) is 1.19. The summed E-state index contributed by atoms with van der Waals surface area (Å²) < 4.78 is 26.1. The average molecular weight is 404 g/mol. The van der Waals surface area contributed by atoms with Crippen molar-refractivity contribution < 1.29 is 13.3 Å². The summed E-state index contributed by atoms with van der Waals surface area (Å²) >= 11 is 0. The number of hydrogen-bond donors (Lipinski definition) is 2. The van der Waals surface area contributed by atoms with Crippen LogP contribution in [0.1, 0.15) is 24.4 Å². The first-order chi connectivity index (χ1) is 13.4. The maximum absolute atomic E-state index is 12.0. The Bertz CT molecular complexity index is 928. The van der Waals surface area contributed by atoms with E-state index < -0.39 is 14.9 Å². The van der Waals surface area contributed by atoms with Crippen molar-refractivity contribution in [3.63, 3.8) is 0 Å². The van der Waals surface area contributed by atoms with Crippen LogP contribution in [-0.2, 0) is 10.0 Å². The molecule has 1 aliphatic heterocycles. The van der Waals surface area contributed by atoms with Crippen LogP contribution in [0.4, 0.5) is 11.4 Å². The molecule has 0 aliphatic carbocycles. The first-order valence-electron chi connectivity index (χ1n) is 9.17. The van der Waals surface area contributed by atoms with Gasteiger partial charge in [-0.05, 0) is 50.7 Å². The zero-order valence-corrected chi connectivity index (χ0v) is 16.5. The van der Waals surface area contributed by atoms with Gasteiger partial charge in [0.05, 0.1) is 15.9 Å². The number of nitro groups is 1. The lowest BCUT2D eigenvalue weighted by atomic mass is 10.1. The highest BCUT2D eigenvalue weighted by molar-refractivity contribution is 7.89. The van der Waals surface area contributed by atoms with Crippen LogP contribution in [-0.4, -0.2) is 44.9 Å². The summed E-state index contributed by atoms with van der Waals surface area (Å²) in [6.45, 7) is 2.47. The van der Waals surface area contributed by atoms with Crippen molar-refractivity contribution >= 4 is 21.4 Å². The topological polar surface area (TPSA) is 105 Å². The molecule has 1 heterocycles. The molecule has 1 atom stereocenters. The van der Waals surface area contributed by atoms with Gasteiger partial charge in [-0.25, -0.2) is 13.1 Å². The molecule has 0 spiro atoms. The quantitative estimate of drug-likeness (QED) is 0.518. The fourth-order valence-electron chi connectivity index (χ4n) is 3.49. The standard InChI is InChI=1S/C19H24N4O4S/c1-20-28(26,27)16-9-10-17(18(13-16)23(24)25)21-14-19(22-11-5-6-12-22)15-7-3-2-4-8-15/h2-4,7-10,13,19-21H,5-6,11-12,14H2,1H3/t19-/m1/s1. The van der Waals surface area contributed by atoms with E-state index in [0.717, 1.165) is 37.6 Å². The van der Waals surface area contributed by atoms with Gasteiger partial charge in [-0.15, -0.1) is 0 Å². The molecule has 150 valence electrons. The molecular formula is C19H24N4O4S. The SMILES string of the molecule is CNS(=O)(=O)c1ccc(NC[C@H](c2ccccc2)N2CCCC2)c([N+](=O)[O-])c1. The summed E-state index contributed by atoms with van der Waals surface area (Å²) in [5.74, 6) is 0. The molecule has 0 amide bonds. The van der Waals surface area contributed by atoms with E-state index >= 15 is 0 Å². The predicted octanol–water partition coefficient (Wildman–Crippen LogP) is 2.75. The van der Waals surface area contributed by atoms with Gasteiger partial charge in [0.15, 0.2) is 0 Å². The highest BCUT2D eigenvalue weighted by Crippen LogP contribution is 2.30. The maximum atomic E-state index is 12.0. The summed E-state index contributed by atoms with van der Waals surface area (Å²) in [4.78, 5) is 13.2. The van der Waals surface area contributed by atoms with Gasteiger partial charge in [0.1, 0.15) is 5.69 Å². The molecule has 0 unspecified atom stereocenters. The summed E-state index contributed by atoms with van der Waals surface area (Å²) in [5, 5.41) is 14.7. The molecular weight excluding hydrogens is 380 g/mol. The van der Waals surface area contributed by atoms with Crippen LogP contribution in [0.5, 0.6) is 0 Å². The minimum absolute atomic E-state index is 0.0871. The highest BCUT2D eigenvalue weighted by Gasteiger charge is 2.25. The molecule has 2 aromatic rings. The normalized spacial score (nSPS) is 16.0. The molecule has 8 nitrogen and oxygen atoms in total. The second kappa shape index (κ2) is 8.68. The van der Waals surface area contributed by atoms with Crippen molar-refractivity contribution in [1.82, 2.24) is 9.62 Å². The lowest BCUT2D eigenvalue weighted by Crippen LogP contribution is -2.31. The zero-order valence-electron chi connectivity index (χ0n) is 15.7. The minimum Gasteiger partial charge on any atom is -0.378 e. The average Bonchev–Trinajstić information content (AvgIpc) is 3.23. The van der Waals surface area contributed by atoms with Crippen molar-refractivity contribution in [3.05, 3.63) is 64.2 Å². The third-order valence-corrected chi connectivity index (χ3v) is 6.41. The molecule has 28 heavy (non-hydrogen) atoms. The Morgan fingerprint density at radius 3 is 2.43 bits per heavy atom. The summed E-state index contributed by atoms with van der Waals surface area (Å²) in [7, 11) is -2.48. The van der Waals surface area contributed by atoms with Gasteiger partial charge in [0.25, 0.3) is 5.69 Å². The fourth-order valence-corrected chi connectivity index (χ4v) is 4.24. The van der Waals surface area contributed by atoms with Crippen molar-refractivity contribution in [3.8, 4) is 0 Å². The Balaban J connectivity index is 1.86. The number of benzene rings is 2. The number of anilines is 1. The molecule has 1 aliphatic rings. The van der Waals surface area contributed by atoms with Gasteiger partial charge in [-0.3, -0.25) is 15.0 Å². The van der Waals surface area contributed by atoms with Crippen LogP contribution in [0.2, 0.25) is 0 Å². The second-order valence-electron chi connectivity index (χ2n) is 6.69. The van der Waals surface area contributed by atoms with E-state index in [4.69, 9.17) is 0 Å². The number of sulfonamides is 1. The smallest absolute Gasteiger partial charge is 0.293 e. The maximum Gasteiger partial charge on any atom is 0.293 e. The Labute approximate surface area is 164 Å². The lowest BCUT2D eigenvalue weighted by Gasteiger charge is -2.28. The van der Waals surface area contributed by atoms with Crippen molar-refractivity contribution in [2.45, 2.75) is 23.8 Å². The van der Waals surface area contributed by atoms with Crippen molar-refractivity contribution in [2.24, 2.45) is 0 Å². The van der Waals surface area contributed by atoms with E-state index in [0.29, 0.717) is 12.2 Å². The minimum atomic E-state index is -3.75. The van der Waals surface area contributed by atoms with Crippen molar-refractivity contribution in [2.75, 3.05) is 32.0 Å². The van der Waals surface area contributed by atoms with Crippen LogP contribution < -0.4 is 10.0 Å². The molecule has 0 bridgehead atoms.